The minimum Gasteiger partial charge on any atom is -0.395 e. The predicted molar refractivity (Wildman–Crippen MR) is 79.0 cm³/mol. The minimum atomic E-state index is -0.154. The van der Waals surface area contributed by atoms with Crippen molar-refractivity contribution in [2.24, 2.45) is 0 Å². The first-order valence-electron chi connectivity index (χ1n) is 6.28. The van der Waals surface area contributed by atoms with Gasteiger partial charge in [0, 0.05) is 15.5 Å². The maximum atomic E-state index is 9.81. The molecule has 2 atom stereocenters. The van der Waals surface area contributed by atoms with Gasteiger partial charge in [-0.05, 0) is 47.7 Å². The fraction of sp³-hybridized carbons (Fsp3) is 0.250. The quantitative estimate of drug-likeness (QED) is 0.888. The van der Waals surface area contributed by atoms with Crippen molar-refractivity contribution >= 4 is 23.2 Å². The molecule has 0 amide bonds. The number of benzene rings is 2. The maximum Gasteiger partial charge on any atom is 0.0534 e. The molecule has 0 aromatic heterocycles. The summed E-state index contributed by atoms with van der Waals surface area (Å²) in [6.45, 7) is 0.155. The van der Waals surface area contributed by atoms with Crippen LogP contribution in [-0.4, -0.2) is 11.7 Å². The van der Waals surface area contributed by atoms with Gasteiger partial charge < -0.3 is 5.11 Å². The van der Waals surface area contributed by atoms with E-state index in [0.29, 0.717) is 5.92 Å². The van der Waals surface area contributed by atoms with E-state index in [9.17, 15) is 5.11 Å². The molecule has 1 saturated carbocycles. The van der Waals surface area contributed by atoms with Crippen LogP contribution in [0.5, 0.6) is 0 Å². The minimum absolute atomic E-state index is 0.154. The van der Waals surface area contributed by atoms with Gasteiger partial charge in [0.2, 0.25) is 0 Å². The molecular formula is C16H14Cl2O. The highest BCUT2D eigenvalue weighted by Crippen LogP contribution is 2.60. The van der Waals surface area contributed by atoms with Crippen LogP contribution in [0.2, 0.25) is 10.0 Å². The molecule has 3 heteroatoms. The third kappa shape index (κ3) is 2.27. The highest BCUT2D eigenvalue weighted by Gasteiger charge is 2.55. The van der Waals surface area contributed by atoms with Crippen molar-refractivity contribution in [3.63, 3.8) is 0 Å². The van der Waals surface area contributed by atoms with E-state index >= 15 is 0 Å². The van der Waals surface area contributed by atoms with Crippen LogP contribution in [0, 0.1) is 0 Å². The van der Waals surface area contributed by atoms with Gasteiger partial charge >= 0.3 is 0 Å². The Morgan fingerprint density at radius 3 is 2.00 bits per heavy atom. The van der Waals surface area contributed by atoms with Crippen molar-refractivity contribution in [3.8, 4) is 0 Å². The third-order valence-electron chi connectivity index (χ3n) is 4.05. The van der Waals surface area contributed by atoms with E-state index in [0.717, 1.165) is 22.0 Å². The van der Waals surface area contributed by atoms with Crippen LogP contribution in [0.4, 0.5) is 0 Å². The molecule has 2 unspecified atom stereocenters. The molecule has 1 aliphatic carbocycles. The first-order valence-corrected chi connectivity index (χ1v) is 7.04. The van der Waals surface area contributed by atoms with Crippen molar-refractivity contribution < 1.29 is 5.11 Å². The van der Waals surface area contributed by atoms with Crippen LogP contribution in [0.3, 0.4) is 0 Å². The molecule has 98 valence electrons. The number of hydrogen-bond donors (Lipinski definition) is 1. The second-order valence-electron chi connectivity index (χ2n) is 5.13. The van der Waals surface area contributed by atoms with E-state index in [2.05, 4.69) is 0 Å². The monoisotopic (exact) mass is 292 g/mol. The zero-order valence-electron chi connectivity index (χ0n) is 10.3. The van der Waals surface area contributed by atoms with Crippen LogP contribution in [0.15, 0.2) is 48.5 Å². The molecule has 0 spiro atoms. The fourth-order valence-electron chi connectivity index (χ4n) is 2.80. The smallest absolute Gasteiger partial charge is 0.0534 e. The first kappa shape index (κ1) is 13.0. The predicted octanol–water partition coefficient (Wildman–Crippen LogP) is 4.41. The Bertz CT molecular complexity index is 577. The summed E-state index contributed by atoms with van der Waals surface area (Å²) in [5.41, 5.74) is 2.23. The van der Waals surface area contributed by atoms with Crippen molar-refractivity contribution in [2.75, 3.05) is 6.61 Å². The van der Waals surface area contributed by atoms with Crippen molar-refractivity contribution in [1.29, 1.82) is 0 Å². The molecule has 0 bridgehead atoms. The fourth-order valence-corrected chi connectivity index (χ4v) is 3.06. The number of halogens is 2. The largest absolute Gasteiger partial charge is 0.395 e. The van der Waals surface area contributed by atoms with Gasteiger partial charge in [0.25, 0.3) is 0 Å². The molecule has 1 nitrogen and oxygen atoms in total. The van der Waals surface area contributed by atoms with E-state index in [1.54, 1.807) is 0 Å². The van der Waals surface area contributed by atoms with Crippen LogP contribution in [0.25, 0.3) is 0 Å². The second-order valence-corrected chi connectivity index (χ2v) is 6.00. The lowest BCUT2D eigenvalue weighted by atomic mass is 9.91. The van der Waals surface area contributed by atoms with Gasteiger partial charge in [-0.1, -0.05) is 47.5 Å². The summed E-state index contributed by atoms with van der Waals surface area (Å²) in [4.78, 5) is 0. The summed E-state index contributed by atoms with van der Waals surface area (Å²) >= 11 is 11.8. The third-order valence-corrected chi connectivity index (χ3v) is 4.55. The number of aliphatic hydroxyl groups excluding tert-OH is 1. The molecule has 2 aromatic carbocycles. The molecule has 1 fully saturated rings. The Hall–Kier alpha value is -1.02. The van der Waals surface area contributed by atoms with E-state index in [-0.39, 0.29) is 12.0 Å². The molecule has 0 radical (unpaired) electrons. The summed E-state index contributed by atoms with van der Waals surface area (Å²) in [6.07, 6.45) is 0.965. The lowest BCUT2D eigenvalue weighted by Gasteiger charge is -2.15. The van der Waals surface area contributed by atoms with Crippen molar-refractivity contribution in [3.05, 3.63) is 69.7 Å². The van der Waals surface area contributed by atoms with Gasteiger partial charge in [0.15, 0.2) is 0 Å². The van der Waals surface area contributed by atoms with Crippen LogP contribution < -0.4 is 0 Å². The van der Waals surface area contributed by atoms with Crippen LogP contribution in [0.1, 0.15) is 23.5 Å². The summed E-state index contributed by atoms with van der Waals surface area (Å²) in [7, 11) is 0. The van der Waals surface area contributed by atoms with E-state index < -0.39 is 0 Å². The molecule has 19 heavy (non-hydrogen) atoms. The molecule has 0 aliphatic heterocycles. The average molecular weight is 293 g/mol. The Morgan fingerprint density at radius 1 is 0.947 bits per heavy atom. The van der Waals surface area contributed by atoms with Gasteiger partial charge in [-0.2, -0.15) is 0 Å². The molecular weight excluding hydrogens is 279 g/mol. The maximum absolute atomic E-state index is 9.81. The number of aliphatic hydroxyl groups is 1. The molecule has 1 N–H and O–H groups in total. The highest BCUT2D eigenvalue weighted by molar-refractivity contribution is 6.30. The number of hydrogen-bond acceptors (Lipinski definition) is 1. The Kier molecular flexibility index (Phi) is 3.30. The Labute approximate surface area is 122 Å². The summed E-state index contributed by atoms with van der Waals surface area (Å²) in [6, 6.07) is 15.7. The number of rotatable bonds is 3. The molecule has 0 heterocycles. The molecule has 0 saturated heterocycles. The van der Waals surface area contributed by atoms with Gasteiger partial charge in [0.05, 0.1) is 6.61 Å². The Morgan fingerprint density at radius 2 is 1.47 bits per heavy atom. The van der Waals surface area contributed by atoms with E-state index in [1.807, 2.05) is 48.5 Å². The van der Waals surface area contributed by atoms with Gasteiger partial charge in [0.1, 0.15) is 0 Å². The zero-order valence-corrected chi connectivity index (χ0v) is 11.8. The Balaban J connectivity index is 1.91. The van der Waals surface area contributed by atoms with Crippen LogP contribution >= 0.6 is 23.2 Å². The zero-order chi connectivity index (χ0) is 13.5. The summed E-state index contributed by atoms with van der Waals surface area (Å²) < 4.78 is 0. The molecule has 1 aliphatic rings. The molecule has 3 rings (SSSR count). The topological polar surface area (TPSA) is 20.2 Å². The van der Waals surface area contributed by atoms with Gasteiger partial charge in [-0.15, -0.1) is 0 Å². The lowest BCUT2D eigenvalue weighted by molar-refractivity contribution is 0.251. The van der Waals surface area contributed by atoms with Crippen molar-refractivity contribution in [1.82, 2.24) is 0 Å². The second kappa shape index (κ2) is 4.82. The van der Waals surface area contributed by atoms with Gasteiger partial charge in [-0.25, -0.2) is 0 Å². The standard InChI is InChI=1S/C16H14Cl2O/c17-13-5-1-11(2-6-13)15-9-16(15,10-19)12-3-7-14(18)8-4-12/h1-8,15,19H,9-10H2. The first-order chi connectivity index (χ1) is 9.15. The SMILES string of the molecule is OCC1(c2ccc(Cl)cc2)CC1c1ccc(Cl)cc1. The van der Waals surface area contributed by atoms with E-state index in [1.165, 1.54) is 5.56 Å². The normalized spacial score (nSPS) is 25.3. The lowest BCUT2D eigenvalue weighted by Crippen LogP contribution is -2.14. The summed E-state index contributed by atoms with van der Waals surface area (Å²) in [5.74, 6) is 0.357. The van der Waals surface area contributed by atoms with Crippen LogP contribution in [-0.2, 0) is 5.41 Å². The molecule has 2 aromatic rings. The van der Waals surface area contributed by atoms with Gasteiger partial charge in [-0.3, -0.25) is 0 Å². The van der Waals surface area contributed by atoms with Crippen molar-refractivity contribution in [2.45, 2.75) is 17.8 Å². The summed E-state index contributed by atoms with van der Waals surface area (Å²) in [5, 5.41) is 11.3. The van der Waals surface area contributed by atoms with E-state index in [4.69, 9.17) is 23.2 Å². The average Bonchev–Trinajstić information content (AvgIpc) is 3.16. The highest BCUT2D eigenvalue weighted by atomic mass is 35.5.